The summed E-state index contributed by atoms with van der Waals surface area (Å²) >= 11 is 6.64. The van der Waals surface area contributed by atoms with E-state index in [0.717, 1.165) is 27.6 Å². The Bertz CT molecular complexity index is 3280. The van der Waals surface area contributed by atoms with E-state index in [1.165, 1.54) is 85.3 Å². The van der Waals surface area contributed by atoms with E-state index in [9.17, 15) is 0 Å². The molecule has 0 saturated carbocycles. The summed E-state index contributed by atoms with van der Waals surface area (Å²) in [6.07, 6.45) is 2.39. The number of nitrogens with zero attached hydrogens (tertiary/aromatic N) is 2. The Labute approximate surface area is 358 Å². The van der Waals surface area contributed by atoms with Gasteiger partial charge in [-0.05, 0) is 128 Å². The molecule has 13 rings (SSSR count). The van der Waals surface area contributed by atoms with Crippen molar-refractivity contribution < 1.29 is 4.42 Å². The molecule has 8 heteroatoms. The van der Waals surface area contributed by atoms with Gasteiger partial charge in [-0.25, -0.2) is 6.33 Å². The van der Waals surface area contributed by atoms with Gasteiger partial charge in [-0.1, -0.05) is 121 Å². The largest absolute Gasteiger partial charge is 0.454 e. The fourth-order valence-corrected chi connectivity index (χ4v) is 17.7. The van der Waals surface area contributed by atoms with Crippen LogP contribution in [0.3, 0.4) is 0 Å². The summed E-state index contributed by atoms with van der Waals surface area (Å²) in [6.45, 7) is -0.118. The second-order valence-corrected chi connectivity index (χ2v) is 32.1. The van der Waals surface area contributed by atoms with Crippen molar-refractivity contribution in [3.63, 3.8) is 0 Å². The van der Waals surface area contributed by atoms with Crippen LogP contribution in [0.4, 0.5) is 28.4 Å². The smallest absolute Gasteiger partial charge is 0.333 e. The fraction of sp³-hybridized carbons (Fsp3) is 0.0400. The number of rotatable bonds is 2. The van der Waals surface area contributed by atoms with Gasteiger partial charge in [0.15, 0.2) is 5.58 Å². The number of anilines is 5. The maximum atomic E-state index is 7.10. The maximum absolute atomic E-state index is 7.10. The molecule has 4 aliphatic rings. The highest BCUT2D eigenvalue weighted by Gasteiger charge is 2.52. The van der Waals surface area contributed by atoms with Crippen LogP contribution in [0.1, 0.15) is 0 Å². The number of hydrogen-bond acceptors (Lipinski definition) is 5. The molecule has 4 aliphatic heterocycles. The number of hydrogen-bond donors (Lipinski definition) is 1. The SMILES string of the molecule is C[SH]1(C)(I)c2ccccc2N2c3c(cccc31)B1c3c(cc4c(oc5ccccc54)c32)-c2cc3c(cc2N1c1cccc(-c2ccccc2)c1)Sc1ccccc1S3. The van der Waals surface area contributed by atoms with Crippen molar-refractivity contribution in [2.45, 2.75) is 29.4 Å². The van der Waals surface area contributed by atoms with E-state index in [4.69, 9.17) is 4.42 Å². The van der Waals surface area contributed by atoms with Crippen molar-refractivity contribution in [3.05, 3.63) is 164 Å². The monoisotopic (exact) mass is 912 g/mol. The van der Waals surface area contributed by atoms with Crippen molar-refractivity contribution in [2.24, 2.45) is 0 Å². The van der Waals surface area contributed by atoms with E-state index in [0.29, 0.717) is 0 Å². The van der Waals surface area contributed by atoms with E-state index in [1.54, 1.807) is 0 Å². The standard InChI is InChI=1S/C50H34BIN2OS3/c1-58(2,52)45-24-11-7-20-38(45)53-48-37(19-13-25-46(48)58)51-47-35(27-36-33-18-6-8-21-40(33)55-50(36)49(47)53)34-28-43-44(57-42-23-10-9-22-41(42)56-43)29-39(34)54(51)32-17-12-16-31(26-32)30-14-4-3-5-15-30/h3-29,58H,1-2H3. The third-order valence-electron chi connectivity index (χ3n) is 12.6. The summed E-state index contributed by atoms with van der Waals surface area (Å²) in [4.78, 5) is 13.3. The molecule has 58 heavy (non-hydrogen) atoms. The highest BCUT2D eigenvalue weighted by atomic mass is 127. The first kappa shape index (κ1) is 33.9. The summed E-state index contributed by atoms with van der Waals surface area (Å²) < 4.78 is 7.10. The van der Waals surface area contributed by atoms with Gasteiger partial charge in [0.25, 0.3) is 0 Å². The molecule has 9 aromatic rings. The van der Waals surface area contributed by atoms with Gasteiger partial charge in [0.05, 0.1) is 17.1 Å². The van der Waals surface area contributed by atoms with Crippen LogP contribution >= 0.6 is 51.1 Å². The van der Waals surface area contributed by atoms with Crippen molar-refractivity contribution in [1.82, 2.24) is 0 Å². The topological polar surface area (TPSA) is 19.6 Å². The average molecular weight is 913 g/mol. The Kier molecular flexibility index (Phi) is 6.91. The molecule has 0 amide bonds. The lowest BCUT2D eigenvalue weighted by Gasteiger charge is -2.59. The molecule has 1 aromatic heterocycles. The minimum Gasteiger partial charge on any atom is -0.454 e. The zero-order valence-electron chi connectivity index (χ0n) is 31.6. The first-order chi connectivity index (χ1) is 28.3. The third-order valence-corrected chi connectivity index (χ3v) is 21.8. The predicted molar refractivity (Wildman–Crippen MR) is 259 cm³/mol. The van der Waals surface area contributed by atoms with Crippen molar-refractivity contribution in [1.29, 1.82) is 0 Å². The summed E-state index contributed by atoms with van der Waals surface area (Å²) in [5.41, 5.74) is 15.5. The van der Waals surface area contributed by atoms with Gasteiger partial charge in [0.2, 0.25) is 0 Å². The van der Waals surface area contributed by atoms with Crippen molar-refractivity contribution >= 4 is 119 Å². The Morgan fingerprint density at radius 1 is 0.552 bits per heavy atom. The van der Waals surface area contributed by atoms with E-state index < -0.39 is 6.33 Å². The molecular weight excluding hydrogens is 878 g/mol. The predicted octanol–water partition coefficient (Wildman–Crippen LogP) is 14.0. The number of para-hydroxylation sites is 3. The molecule has 0 bridgehead atoms. The molecule has 5 heterocycles. The highest BCUT2D eigenvalue weighted by molar-refractivity contribution is 14.2. The van der Waals surface area contributed by atoms with Gasteiger partial charge in [-0.15, -0.1) is 0 Å². The normalized spacial score (nSPS) is 16.7. The van der Waals surface area contributed by atoms with Crippen LogP contribution < -0.4 is 20.6 Å². The maximum Gasteiger partial charge on any atom is 0.333 e. The Morgan fingerprint density at radius 3 is 2.09 bits per heavy atom. The lowest BCUT2D eigenvalue weighted by Crippen LogP contribution is -2.62. The van der Waals surface area contributed by atoms with E-state index in [-0.39, 0.29) is 6.85 Å². The van der Waals surface area contributed by atoms with E-state index in [2.05, 4.69) is 207 Å². The lowest BCUT2D eigenvalue weighted by atomic mass is 9.43. The average Bonchev–Trinajstić information content (AvgIpc) is 3.63. The zero-order valence-corrected chi connectivity index (χ0v) is 36.3. The van der Waals surface area contributed by atoms with E-state index >= 15 is 0 Å². The molecule has 8 aromatic carbocycles. The summed E-state index contributed by atoms with van der Waals surface area (Å²) in [5.74, 6) is 0. The molecule has 0 unspecified atom stereocenters. The van der Waals surface area contributed by atoms with Gasteiger partial charge in [0, 0.05) is 57.1 Å². The molecule has 0 N–H and O–H groups in total. The number of fused-ring (bicyclic) bond motifs is 12. The minimum absolute atomic E-state index is 0.118. The minimum atomic E-state index is -2.66. The molecule has 0 radical (unpaired) electrons. The second-order valence-electron chi connectivity index (χ2n) is 16.3. The van der Waals surface area contributed by atoms with Crippen LogP contribution in [-0.2, 0) is 0 Å². The Morgan fingerprint density at radius 2 is 1.24 bits per heavy atom. The molecule has 278 valence electrons. The van der Waals surface area contributed by atoms with Crippen LogP contribution in [-0.4, -0.2) is 19.4 Å². The number of halogens is 1. The van der Waals surface area contributed by atoms with Gasteiger partial charge in [-0.2, -0.15) is 0 Å². The van der Waals surface area contributed by atoms with Crippen LogP contribution in [0.2, 0.25) is 0 Å². The van der Waals surface area contributed by atoms with Gasteiger partial charge in [0.1, 0.15) is 5.58 Å². The van der Waals surface area contributed by atoms with Gasteiger partial charge in [-0.3, -0.25) is 0 Å². The fourth-order valence-electron chi connectivity index (χ4n) is 10.1. The Balaban J connectivity index is 1.20. The van der Waals surface area contributed by atoms with Crippen LogP contribution in [0.15, 0.2) is 198 Å². The van der Waals surface area contributed by atoms with Gasteiger partial charge >= 0.3 is 6.85 Å². The molecule has 3 nitrogen and oxygen atoms in total. The zero-order chi connectivity index (χ0) is 38.5. The summed E-state index contributed by atoms with van der Waals surface area (Å²) in [6, 6.07) is 61.1. The van der Waals surface area contributed by atoms with Gasteiger partial charge < -0.3 is 14.1 Å². The number of thiol groups is 1. The first-order valence-corrected chi connectivity index (χ1v) is 27.2. The number of furan rings is 1. The molecule has 0 saturated heterocycles. The highest BCUT2D eigenvalue weighted by Crippen LogP contribution is 2.87. The Hall–Kier alpha value is -5.00. The second kappa shape index (κ2) is 11.8. The van der Waals surface area contributed by atoms with Crippen LogP contribution in [0, 0.1) is 0 Å². The first-order valence-electron chi connectivity index (χ1n) is 19.6. The summed E-state index contributed by atoms with van der Waals surface area (Å²) in [7, 11) is 0. The van der Waals surface area contributed by atoms with Crippen molar-refractivity contribution in [3.8, 4) is 22.3 Å². The molecule has 0 atom stereocenters. The molecule has 0 spiro atoms. The molecule has 0 fully saturated rings. The van der Waals surface area contributed by atoms with Crippen molar-refractivity contribution in [2.75, 3.05) is 22.2 Å². The number of benzene rings is 8. The van der Waals surface area contributed by atoms with E-state index in [1.807, 2.05) is 23.5 Å². The molecule has 0 aliphatic carbocycles. The quantitative estimate of drug-likeness (QED) is 0.106. The summed E-state index contributed by atoms with van der Waals surface area (Å²) in [5, 5.41) is 2.30. The molecular formula is C50H34BIN2OS3. The van der Waals surface area contributed by atoms with Crippen LogP contribution in [0.25, 0.3) is 44.2 Å². The third kappa shape index (κ3) is 4.52. The van der Waals surface area contributed by atoms with Crippen LogP contribution in [0.5, 0.6) is 0 Å². The lowest BCUT2D eigenvalue weighted by molar-refractivity contribution is 0.669.